The van der Waals surface area contributed by atoms with Crippen LogP contribution in [-0.4, -0.2) is 62.5 Å². The van der Waals surface area contributed by atoms with Crippen LogP contribution < -0.4 is 5.73 Å². The van der Waals surface area contributed by atoms with Crippen LogP contribution in [0.2, 0.25) is 0 Å². The van der Waals surface area contributed by atoms with Crippen molar-refractivity contribution in [1.82, 2.24) is 4.57 Å². The number of esters is 3. The van der Waals surface area contributed by atoms with Gasteiger partial charge in [-0.25, -0.2) is 0 Å². The topological polar surface area (TPSA) is 207 Å². The van der Waals surface area contributed by atoms with Crippen molar-refractivity contribution in [3.63, 3.8) is 0 Å². The van der Waals surface area contributed by atoms with E-state index in [1.54, 1.807) is 0 Å². The van der Waals surface area contributed by atoms with E-state index in [9.17, 15) is 29.6 Å². The van der Waals surface area contributed by atoms with Crippen LogP contribution in [0.5, 0.6) is 5.88 Å². The minimum absolute atomic E-state index is 0.0375. The molecule has 192 valence electrons. The van der Waals surface area contributed by atoms with E-state index in [2.05, 4.69) is 22.4 Å². The molecule has 1 aliphatic heterocycles. The first kappa shape index (κ1) is 26.4. The lowest BCUT2D eigenvalue weighted by atomic mass is 10.1. The monoisotopic (exact) mass is 523 g/mol. The second kappa shape index (κ2) is 10.6. The van der Waals surface area contributed by atoms with Gasteiger partial charge in [0, 0.05) is 38.3 Å². The molecule has 1 fully saturated rings. The predicted molar refractivity (Wildman–Crippen MR) is 123 cm³/mol. The van der Waals surface area contributed by atoms with Gasteiger partial charge in [0.1, 0.15) is 12.7 Å². The number of rotatable bonds is 7. The number of carbonyl (C=O) groups excluding carboxylic acids is 3. The third-order valence-electron chi connectivity index (χ3n) is 4.99. The number of azo groups is 1. The Labute approximate surface area is 207 Å². The number of hydrogen-bond acceptors (Lipinski definition) is 12. The van der Waals surface area contributed by atoms with E-state index in [0.29, 0.717) is 0 Å². The predicted octanol–water partition coefficient (Wildman–Crippen LogP) is 1.91. The van der Waals surface area contributed by atoms with Crippen LogP contribution in [0.1, 0.15) is 27.0 Å². The van der Waals surface area contributed by atoms with Crippen molar-refractivity contribution < 1.29 is 43.4 Å². The fourth-order valence-electron chi connectivity index (χ4n) is 3.74. The van der Waals surface area contributed by atoms with Gasteiger partial charge in [-0.15, -0.1) is 10.2 Å². The van der Waals surface area contributed by atoms with E-state index in [1.807, 2.05) is 0 Å². The number of nitrogens with two attached hydrogens (primary N) is 1. The number of aromatic hydroxyl groups is 1. The molecule has 1 aliphatic rings. The van der Waals surface area contributed by atoms with Crippen LogP contribution in [-0.2, 0) is 33.3 Å². The molecule has 0 amide bonds. The number of nitrogens with zero attached hydrogens (tertiary/aromatic N) is 4. The van der Waals surface area contributed by atoms with Crippen LogP contribution in [0, 0.1) is 10.1 Å². The zero-order chi connectivity index (χ0) is 26.7. The summed E-state index contributed by atoms with van der Waals surface area (Å²) in [6, 6.07) is 3.62. The summed E-state index contributed by atoms with van der Waals surface area (Å²) in [6.07, 6.45) is -5.18. The number of nitro groups is 1. The quantitative estimate of drug-likeness (QED) is 0.133. The van der Waals surface area contributed by atoms with Gasteiger partial charge in [-0.3, -0.25) is 29.1 Å². The van der Waals surface area contributed by atoms with Crippen molar-refractivity contribution in [2.75, 3.05) is 6.61 Å². The lowest BCUT2D eigenvalue weighted by molar-refractivity contribution is -0.384. The first-order valence-corrected chi connectivity index (χ1v) is 10.7. The molecule has 15 nitrogen and oxygen atoms in total. The summed E-state index contributed by atoms with van der Waals surface area (Å²) in [7, 11) is 0. The molecule has 0 spiro atoms. The Morgan fingerprint density at radius 2 is 1.83 bits per heavy atom. The Balaban J connectivity index is 2.24. The molecule has 4 atom stereocenters. The highest BCUT2D eigenvalue weighted by Crippen LogP contribution is 2.46. The SMILES string of the molecule is CC(=O)OC[C@@H]1O[C@@H](n2c(O)c(N=NC(N)=S)c3ccc([N+](=O)[O-])cc32)[C@@H](OC(C)=O)[C@H]1OC(C)=O. The number of fused-ring (bicyclic) bond motifs is 1. The molecule has 0 bridgehead atoms. The zero-order valence-corrected chi connectivity index (χ0v) is 20.0. The molecule has 1 saturated heterocycles. The van der Waals surface area contributed by atoms with Crippen LogP contribution in [0.3, 0.4) is 0 Å². The van der Waals surface area contributed by atoms with Crippen LogP contribution in [0.15, 0.2) is 28.4 Å². The number of nitro benzene ring substituents is 1. The van der Waals surface area contributed by atoms with Crippen LogP contribution in [0.25, 0.3) is 10.9 Å². The number of thiocarbonyl (C=S) groups is 1. The molecule has 1 aromatic carbocycles. The lowest BCUT2D eigenvalue weighted by Gasteiger charge is -2.24. The molecule has 1 aromatic heterocycles. The number of benzene rings is 1. The highest BCUT2D eigenvalue weighted by Gasteiger charge is 2.51. The molecule has 0 aliphatic carbocycles. The molecule has 3 N–H and O–H groups in total. The van der Waals surface area contributed by atoms with Crippen molar-refractivity contribution in [1.29, 1.82) is 0 Å². The number of hydrogen-bond donors (Lipinski definition) is 2. The fourth-order valence-corrected chi connectivity index (χ4v) is 3.78. The van der Waals surface area contributed by atoms with E-state index in [0.717, 1.165) is 31.4 Å². The van der Waals surface area contributed by atoms with Gasteiger partial charge >= 0.3 is 17.9 Å². The molecule has 36 heavy (non-hydrogen) atoms. The smallest absolute Gasteiger partial charge is 0.303 e. The minimum atomic E-state index is -1.41. The maximum atomic E-state index is 11.9. The summed E-state index contributed by atoms with van der Waals surface area (Å²) in [5, 5.41) is 29.7. The molecule has 0 radical (unpaired) electrons. The summed E-state index contributed by atoms with van der Waals surface area (Å²) in [4.78, 5) is 45.9. The zero-order valence-electron chi connectivity index (χ0n) is 19.1. The second-order valence-corrected chi connectivity index (χ2v) is 7.97. The summed E-state index contributed by atoms with van der Waals surface area (Å²) >= 11 is 4.68. The van der Waals surface area contributed by atoms with Gasteiger partial charge < -0.3 is 29.8 Å². The minimum Gasteiger partial charge on any atom is -0.493 e. The van der Waals surface area contributed by atoms with Gasteiger partial charge in [-0.05, 0) is 18.3 Å². The third kappa shape index (κ3) is 5.55. The molecule has 2 heterocycles. The molecule has 3 rings (SSSR count). The largest absolute Gasteiger partial charge is 0.493 e. The molecule has 2 aromatic rings. The summed E-state index contributed by atoms with van der Waals surface area (Å²) in [5.74, 6) is -2.79. The van der Waals surface area contributed by atoms with Crippen LogP contribution >= 0.6 is 12.2 Å². The fraction of sp³-hybridized carbons (Fsp3) is 0.400. The number of ether oxygens (including phenoxy) is 4. The molecule has 16 heteroatoms. The second-order valence-electron chi connectivity index (χ2n) is 7.55. The van der Waals surface area contributed by atoms with Gasteiger partial charge in [-0.2, -0.15) is 0 Å². The highest BCUT2D eigenvalue weighted by atomic mass is 32.1. The van der Waals surface area contributed by atoms with Gasteiger partial charge in [0.05, 0.1) is 10.4 Å². The molecular formula is C20H21N5O10S. The van der Waals surface area contributed by atoms with E-state index in [-0.39, 0.29) is 27.4 Å². The van der Waals surface area contributed by atoms with Gasteiger partial charge in [0.15, 0.2) is 24.1 Å². The first-order chi connectivity index (χ1) is 16.9. The summed E-state index contributed by atoms with van der Waals surface area (Å²) in [6.45, 7) is 2.97. The standard InChI is InChI=1S/C20H21N5O10S/c1-8(26)32-7-14-16(33-9(2)27)17(34-10(3)28)19(35-14)24-13-6-11(25(30)31)4-5-12(13)15(18(24)29)22-23-20(21)36/h4-6,14,16-17,19,29H,7H2,1-3H3,(H2,21,36)/t14-,16-,17-,19+/m0/s1. The van der Waals surface area contributed by atoms with Crippen molar-refractivity contribution >= 4 is 57.5 Å². The van der Waals surface area contributed by atoms with Gasteiger partial charge in [0.25, 0.3) is 5.69 Å². The summed E-state index contributed by atoms with van der Waals surface area (Å²) in [5.41, 5.74) is 4.90. The van der Waals surface area contributed by atoms with Gasteiger partial charge in [0.2, 0.25) is 11.0 Å². The first-order valence-electron chi connectivity index (χ1n) is 10.3. The Kier molecular flexibility index (Phi) is 7.79. The lowest BCUT2D eigenvalue weighted by Crippen LogP contribution is -2.40. The Morgan fingerprint density at radius 3 is 2.39 bits per heavy atom. The number of aromatic nitrogens is 1. The third-order valence-corrected chi connectivity index (χ3v) is 5.07. The Bertz CT molecular complexity index is 1280. The average molecular weight is 523 g/mol. The van der Waals surface area contributed by atoms with Crippen molar-refractivity contribution in [2.45, 2.75) is 45.3 Å². The Hall–Kier alpha value is -4.18. The normalized spacial score (nSPS) is 21.4. The number of non-ortho nitro benzene ring substituents is 1. The molecule has 0 unspecified atom stereocenters. The van der Waals surface area contributed by atoms with Crippen molar-refractivity contribution in [3.8, 4) is 5.88 Å². The van der Waals surface area contributed by atoms with Crippen molar-refractivity contribution in [2.24, 2.45) is 16.0 Å². The summed E-state index contributed by atoms with van der Waals surface area (Å²) < 4.78 is 22.7. The maximum Gasteiger partial charge on any atom is 0.303 e. The van der Waals surface area contributed by atoms with E-state index >= 15 is 0 Å². The van der Waals surface area contributed by atoms with Crippen molar-refractivity contribution in [3.05, 3.63) is 28.3 Å². The van der Waals surface area contributed by atoms with Crippen LogP contribution in [0.4, 0.5) is 11.4 Å². The van der Waals surface area contributed by atoms with E-state index in [4.69, 9.17) is 24.7 Å². The number of carbonyl (C=O) groups is 3. The maximum absolute atomic E-state index is 11.9. The van der Waals surface area contributed by atoms with E-state index < -0.39 is 59.9 Å². The highest BCUT2D eigenvalue weighted by molar-refractivity contribution is 7.80. The molecular weight excluding hydrogens is 502 g/mol. The van der Waals surface area contributed by atoms with Gasteiger partial charge in [-0.1, -0.05) is 0 Å². The van der Waals surface area contributed by atoms with E-state index in [1.165, 1.54) is 12.1 Å². The average Bonchev–Trinajstić information content (AvgIpc) is 3.23. The molecule has 0 saturated carbocycles. The Morgan fingerprint density at radius 1 is 1.19 bits per heavy atom.